The Morgan fingerprint density at radius 2 is 1.88 bits per heavy atom. The number of aliphatic hydroxyl groups excluding tert-OH is 2. The number of Topliss-reactive ketones (excluding diaryl/α,β-unsaturated/α-hetero) is 1. The largest absolute Gasteiger partial charge is 0.392 e. The predicted molar refractivity (Wildman–Crippen MR) is 91.7 cm³/mol. The number of rotatable bonds is 0. The summed E-state index contributed by atoms with van der Waals surface area (Å²) in [4.78, 5) is 13.4. The van der Waals surface area contributed by atoms with E-state index in [1.807, 2.05) is 0 Å². The van der Waals surface area contributed by atoms with Gasteiger partial charge in [0, 0.05) is 17.3 Å². The number of ether oxygens (including phenoxy) is 1. The molecule has 11 unspecified atom stereocenters. The van der Waals surface area contributed by atoms with Gasteiger partial charge in [-0.15, -0.1) is 0 Å². The molecule has 26 heavy (non-hydrogen) atoms. The van der Waals surface area contributed by atoms with Crippen LogP contribution in [0.1, 0.15) is 46.5 Å². The quantitative estimate of drug-likeness (QED) is 0.605. The predicted octanol–water partition coefficient (Wildman–Crippen LogP) is 1.34. The van der Waals surface area contributed by atoms with E-state index in [0.717, 1.165) is 19.3 Å². The van der Waals surface area contributed by atoms with Crippen molar-refractivity contribution in [1.82, 2.24) is 0 Å². The second-order valence-corrected chi connectivity index (χ2v) is 11.0. The second kappa shape index (κ2) is 4.24. The molecule has 2 spiro atoms. The molecule has 5 saturated carbocycles. The monoisotopic (exact) mass is 362 g/mol. The molecule has 2 heterocycles. The molecule has 7 fully saturated rings. The van der Waals surface area contributed by atoms with Gasteiger partial charge in [-0.05, 0) is 54.8 Å². The highest BCUT2D eigenvalue weighted by molar-refractivity contribution is 5.98. The Balaban J connectivity index is 1.60. The fraction of sp³-hybridized carbons (Fsp3) is 0.952. The van der Waals surface area contributed by atoms with Gasteiger partial charge in [-0.3, -0.25) is 4.79 Å². The molecule has 0 aromatic heterocycles. The number of carbonyl (C=O) groups is 1. The van der Waals surface area contributed by atoms with Crippen LogP contribution in [0.4, 0.5) is 0 Å². The first-order chi connectivity index (χ1) is 12.2. The highest BCUT2D eigenvalue weighted by atomic mass is 16.6. The van der Waals surface area contributed by atoms with Crippen LogP contribution in [-0.2, 0) is 9.53 Å². The van der Waals surface area contributed by atoms with Crippen molar-refractivity contribution in [2.75, 3.05) is 6.61 Å². The SMILES string of the molecule is CC1C2CCC3C45COC(O)(C(O)C4C(C)(C)CCC5O)C34C(=O)C1C24. The minimum atomic E-state index is -1.78. The second-order valence-electron chi connectivity index (χ2n) is 11.0. The molecule has 0 amide bonds. The molecular formula is C21H30O5. The molecule has 7 rings (SSSR count). The van der Waals surface area contributed by atoms with Gasteiger partial charge in [0.15, 0.2) is 0 Å². The van der Waals surface area contributed by atoms with E-state index in [2.05, 4.69) is 20.8 Å². The van der Waals surface area contributed by atoms with Gasteiger partial charge < -0.3 is 20.1 Å². The Kier molecular flexibility index (Phi) is 2.69. The lowest BCUT2D eigenvalue weighted by atomic mass is 9.22. The van der Waals surface area contributed by atoms with Crippen molar-refractivity contribution in [3.63, 3.8) is 0 Å². The summed E-state index contributed by atoms with van der Waals surface area (Å²) < 4.78 is 5.99. The van der Waals surface area contributed by atoms with Crippen molar-refractivity contribution in [2.24, 2.45) is 51.8 Å². The van der Waals surface area contributed by atoms with Crippen molar-refractivity contribution in [3.05, 3.63) is 0 Å². The first-order valence-electron chi connectivity index (χ1n) is 10.4. The molecule has 5 heteroatoms. The van der Waals surface area contributed by atoms with Crippen LogP contribution in [0.15, 0.2) is 0 Å². The number of aliphatic hydroxyl groups is 3. The molecule has 2 bridgehead atoms. The summed E-state index contributed by atoms with van der Waals surface area (Å²) in [6, 6.07) is 0. The number of hydrogen-bond donors (Lipinski definition) is 3. The molecular weight excluding hydrogens is 332 g/mol. The minimum Gasteiger partial charge on any atom is -0.392 e. The highest BCUT2D eigenvalue weighted by Crippen LogP contribution is 2.83. The van der Waals surface area contributed by atoms with Gasteiger partial charge in [-0.1, -0.05) is 20.8 Å². The van der Waals surface area contributed by atoms with Crippen molar-refractivity contribution in [3.8, 4) is 0 Å². The van der Waals surface area contributed by atoms with E-state index in [1.54, 1.807) is 0 Å². The zero-order chi connectivity index (χ0) is 18.4. The van der Waals surface area contributed by atoms with Crippen LogP contribution in [0.3, 0.4) is 0 Å². The van der Waals surface area contributed by atoms with Gasteiger partial charge in [0.05, 0.1) is 18.1 Å². The van der Waals surface area contributed by atoms with E-state index < -0.39 is 28.8 Å². The molecule has 2 aliphatic heterocycles. The summed E-state index contributed by atoms with van der Waals surface area (Å²) in [5.74, 6) is -1.04. The van der Waals surface area contributed by atoms with E-state index in [0.29, 0.717) is 18.3 Å². The molecule has 2 saturated heterocycles. The molecule has 11 atom stereocenters. The lowest BCUT2D eigenvalue weighted by molar-refractivity contribution is -0.483. The van der Waals surface area contributed by atoms with Gasteiger partial charge in [0.2, 0.25) is 5.79 Å². The van der Waals surface area contributed by atoms with Crippen LogP contribution in [0.2, 0.25) is 0 Å². The summed E-state index contributed by atoms with van der Waals surface area (Å²) >= 11 is 0. The Hall–Kier alpha value is -0.490. The summed E-state index contributed by atoms with van der Waals surface area (Å²) in [5.41, 5.74) is -1.81. The average molecular weight is 362 g/mol. The van der Waals surface area contributed by atoms with E-state index >= 15 is 0 Å². The van der Waals surface area contributed by atoms with Gasteiger partial charge in [0.25, 0.3) is 0 Å². The summed E-state index contributed by atoms with van der Waals surface area (Å²) in [6.07, 6.45) is 1.71. The molecule has 0 radical (unpaired) electrons. The maximum Gasteiger partial charge on any atom is 0.205 e. The van der Waals surface area contributed by atoms with Crippen LogP contribution in [-0.4, -0.2) is 45.7 Å². The van der Waals surface area contributed by atoms with Crippen molar-refractivity contribution < 1.29 is 24.9 Å². The van der Waals surface area contributed by atoms with Crippen molar-refractivity contribution >= 4 is 5.78 Å². The maximum atomic E-state index is 13.4. The Morgan fingerprint density at radius 1 is 1.15 bits per heavy atom. The van der Waals surface area contributed by atoms with Crippen molar-refractivity contribution in [1.29, 1.82) is 0 Å². The first-order valence-corrected chi connectivity index (χ1v) is 10.4. The third-order valence-corrected chi connectivity index (χ3v) is 10.3. The summed E-state index contributed by atoms with van der Waals surface area (Å²) in [6.45, 7) is 6.67. The van der Waals surface area contributed by atoms with Gasteiger partial charge in [-0.2, -0.15) is 0 Å². The Labute approximate surface area is 154 Å². The number of hydrogen-bond acceptors (Lipinski definition) is 5. The summed E-state index contributed by atoms with van der Waals surface area (Å²) in [7, 11) is 0. The van der Waals surface area contributed by atoms with E-state index in [4.69, 9.17) is 4.74 Å². The van der Waals surface area contributed by atoms with E-state index in [1.165, 1.54) is 0 Å². The van der Waals surface area contributed by atoms with Crippen LogP contribution >= 0.6 is 0 Å². The molecule has 5 nitrogen and oxygen atoms in total. The van der Waals surface area contributed by atoms with Crippen LogP contribution in [0.25, 0.3) is 0 Å². The van der Waals surface area contributed by atoms with Gasteiger partial charge >= 0.3 is 0 Å². The molecule has 5 aliphatic carbocycles. The fourth-order valence-corrected chi connectivity index (χ4v) is 9.43. The lowest BCUT2D eigenvalue weighted by Crippen LogP contribution is -2.92. The highest BCUT2D eigenvalue weighted by Gasteiger charge is 2.91. The number of fused-ring (bicyclic) bond motifs is 1. The average Bonchev–Trinajstić information content (AvgIpc) is 2.58. The zero-order valence-electron chi connectivity index (χ0n) is 15.8. The maximum absolute atomic E-state index is 13.4. The fourth-order valence-electron chi connectivity index (χ4n) is 9.43. The summed E-state index contributed by atoms with van der Waals surface area (Å²) in [5, 5.41) is 34.3. The van der Waals surface area contributed by atoms with E-state index in [9.17, 15) is 20.1 Å². The van der Waals surface area contributed by atoms with Gasteiger partial charge in [0.1, 0.15) is 11.9 Å². The molecule has 144 valence electrons. The molecule has 0 aromatic carbocycles. The minimum absolute atomic E-state index is 0.0190. The Bertz CT molecular complexity index is 719. The topological polar surface area (TPSA) is 87.0 Å². The van der Waals surface area contributed by atoms with Crippen LogP contribution in [0.5, 0.6) is 0 Å². The molecule has 0 aromatic rings. The first kappa shape index (κ1) is 16.5. The third kappa shape index (κ3) is 1.23. The zero-order valence-corrected chi connectivity index (χ0v) is 15.8. The standard InChI is InChI=1S/C21H30O5/c1-9-10-4-5-11-19-8-26-21(25,20(11)14(10)13(9)16(20)23)17(24)15(19)18(2,3)7-6-12(19)22/h9-15,17,22,24-25H,4-8H2,1-3H3. The van der Waals surface area contributed by atoms with Gasteiger partial charge in [-0.25, -0.2) is 0 Å². The third-order valence-electron chi connectivity index (χ3n) is 10.3. The normalized spacial score (nSPS) is 66.8. The van der Waals surface area contributed by atoms with Crippen LogP contribution < -0.4 is 0 Å². The van der Waals surface area contributed by atoms with E-state index in [-0.39, 0.29) is 41.5 Å². The van der Waals surface area contributed by atoms with Crippen molar-refractivity contribution in [2.45, 2.75) is 64.4 Å². The Morgan fingerprint density at radius 3 is 2.62 bits per heavy atom. The molecule has 3 N–H and O–H groups in total. The number of ketones is 1. The number of carbonyl (C=O) groups excluding carboxylic acids is 1. The smallest absolute Gasteiger partial charge is 0.205 e. The van der Waals surface area contributed by atoms with Crippen LogP contribution in [0, 0.1) is 51.8 Å². The molecule has 7 aliphatic rings. The lowest BCUT2D eigenvalue weighted by Gasteiger charge is -2.84.